The van der Waals surface area contributed by atoms with Crippen LogP contribution in [0.25, 0.3) is 0 Å². The van der Waals surface area contributed by atoms with Crippen molar-refractivity contribution in [3.05, 3.63) is 35.7 Å². The molecule has 17 heteroatoms. The molecule has 2 aliphatic heterocycles. The molecule has 2 heterocycles. The number of amides is 3. The van der Waals surface area contributed by atoms with E-state index in [0.717, 1.165) is 22.1 Å². The molecule has 13 nitrogen and oxygen atoms in total. The van der Waals surface area contributed by atoms with Gasteiger partial charge >= 0.3 is 12.5 Å². The molecular formula is C21H28F4N8O5. The molecule has 3 amide bonds. The average molecular weight is 548 g/mol. The van der Waals surface area contributed by atoms with E-state index in [2.05, 4.69) is 10.7 Å². The van der Waals surface area contributed by atoms with Gasteiger partial charge in [-0.1, -0.05) is 0 Å². The molecule has 0 aromatic heterocycles. The van der Waals surface area contributed by atoms with Gasteiger partial charge in [-0.2, -0.15) is 8.78 Å². The van der Waals surface area contributed by atoms with Crippen molar-refractivity contribution in [1.29, 1.82) is 0 Å². The Balaban J connectivity index is 1.60. The number of cyclic esters (lactones) is 1. The fraction of sp³-hybridized carbons (Fsp3) is 0.476. The van der Waals surface area contributed by atoms with Crippen LogP contribution in [0.4, 0.5) is 33.7 Å². The minimum Gasteiger partial charge on any atom is -0.442 e. The number of hydroxylamine groups is 2. The number of anilines is 2. The largest absolute Gasteiger partial charge is 0.442 e. The molecule has 1 aromatic carbocycles. The van der Waals surface area contributed by atoms with Gasteiger partial charge in [-0.3, -0.25) is 25.2 Å². The zero-order chi connectivity index (χ0) is 27.8. The van der Waals surface area contributed by atoms with Gasteiger partial charge in [0.2, 0.25) is 0 Å². The van der Waals surface area contributed by atoms with Crippen molar-refractivity contribution in [1.82, 2.24) is 21.1 Å². The Hall–Kier alpha value is -3.83. The highest BCUT2D eigenvalue weighted by atomic mass is 19.3. The Labute approximate surface area is 214 Å². The van der Waals surface area contributed by atoms with Gasteiger partial charge in [-0.25, -0.2) is 18.6 Å². The molecule has 0 spiro atoms. The maximum atomic E-state index is 15.0. The number of hydrogen-bond acceptors (Lipinski definition) is 10. The third kappa shape index (κ3) is 7.14. The highest BCUT2D eigenvalue weighted by Crippen LogP contribution is 2.31. The second-order valence-corrected chi connectivity index (χ2v) is 8.18. The number of nitrogens with one attached hydrogen (secondary N) is 3. The second kappa shape index (κ2) is 13.1. The maximum Gasteiger partial charge on any atom is 0.414 e. The normalized spacial score (nSPS) is 18.5. The van der Waals surface area contributed by atoms with Crippen LogP contribution in [0.5, 0.6) is 0 Å². The van der Waals surface area contributed by atoms with Crippen LogP contribution in [-0.4, -0.2) is 87.9 Å². The average Bonchev–Trinajstić information content (AvgIpc) is 3.08. The Kier molecular flexibility index (Phi) is 9.91. The summed E-state index contributed by atoms with van der Waals surface area (Å²) in [6.07, 6.45) is -3.92. The number of halogens is 4. The van der Waals surface area contributed by atoms with Crippen molar-refractivity contribution in [3.63, 3.8) is 0 Å². The number of carbonyl (C=O) groups excluding carboxylic acids is 3. The lowest BCUT2D eigenvalue weighted by Crippen LogP contribution is -2.41. The predicted octanol–water partition coefficient (Wildman–Crippen LogP) is -0.895. The molecule has 0 radical (unpaired) electrons. The molecule has 0 saturated carbocycles. The fourth-order valence-electron chi connectivity index (χ4n) is 3.76. The van der Waals surface area contributed by atoms with E-state index in [9.17, 15) is 23.2 Å². The molecule has 0 unspecified atom stereocenters. The van der Waals surface area contributed by atoms with Crippen LogP contribution in [0.2, 0.25) is 0 Å². The van der Waals surface area contributed by atoms with Crippen LogP contribution in [0.15, 0.2) is 24.0 Å². The second-order valence-electron chi connectivity index (χ2n) is 8.18. The summed E-state index contributed by atoms with van der Waals surface area (Å²) >= 11 is 0. The molecule has 7 N–H and O–H groups in total. The van der Waals surface area contributed by atoms with Crippen LogP contribution in [0.1, 0.15) is 0 Å². The van der Waals surface area contributed by atoms with Crippen molar-refractivity contribution in [2.45, 2.75) is 12.5 Å². The lowest BCUT2D eigenvalue weighted by molar-refractivity contribution is -0.180. The first-order chi connectivity index (χ1) is 18.1. The predicted molar refractivity (Wildman–Crippen MR) is 125 cm³/mol. The highest BCUT2D eigenvalue weighted by Gasteiger charge is 2.34. The third-order valence-corrected chi connectivity index (χ3v) is 5.64. The van der Waals surface area contributed by atoms with Crippen LogP contribution >= 0.6 is 0 Å². The molecule has 3 rings (SSSR count). The van der Waals surface area contributed by atoms with Gasteiger partial charge in [0, 0.05) is 38.0 Å². The molecule has 210 valence electrons. The lowest BCUT2D eigenvalue weighted by Gasteiger charge is -2.24. The van der Waals surface area contributed by atoms with Gasteiger partial charge in [0.15, 0.2) is 11.6 Å². The van der Waals surface area contributed by atoms with Crippen molar-refractivity contribution < 1.29 is 41.5 Å². The minimum atomic E-state index is -3.23. The molecule has 0 aliphatic carbocycles. The molecular weight excluding hydrogens is 520 g/mol. The maximum absolute atomic E-state index is 15.0. The Morgan fingerprint density at radius 3 is 2.50 bits per heavy atom. The van der Waals surface area contributed by atoms with Gasteiger partial charge in [0.05, 0.1) is 44.2 Å². The smallest absolute Gasteiger partial charge is 0.414 e. The monoisotopic (exact) mass is 548 g/mol. The Bertz CT molecular complexity index is 1040. The highest BCUT2D eigenvalue weighted by molar-refractivity contribution is 5.90. The molecule has 2 saturated heterocycles. The van der Waals surface area contributed by atoms with E-state index in [0.29, 0.717) is 5.70 Å². The number of rotatable bonds is 10. The minimum absolute atomic E-state index is 0.0142. The van der Waals surface area contributed by atoms with E-state index < -0.39 is 42.1 Å². The van der Waals surface area contributed by atoms with Crippen LogP contribution in [-0.2, 0) is 19.2 Å². The molecule has 0 bridgehead atoms. The standard InChI is InChI=1S/C21H28F4N8O5/c22-15-5-13(32-11-14(38-21(32)36)9-29-20(35)19(24)25)6-16(23)18(15)31-1-2-33(37-4-3-31)17(34)10-28-8-12(7-26)30-27/h5-7,14,19,28,30H,1-4,8-11,26-27H2,(H,29,35)/b12-7-/t14-/m0/s1. The molecule has 2 aliphatic rings. The Morgan fingerprint density at radius 1 is 1.16 bits per heavy atom. The van der Waals surface area contributed by atoms with E-state index in [1.807, 2.05) is 5.32 Å². The van der Waals surface area contributed by atoms with Gasteiger partial charge in [-0.15, -0.1) is 0 Å². The summed E-state index contributed by atoms with van der Waals surface area (Å²) in [4.78, 5) is 43.3. The topological polar surface area (TPSA) is 168 Å². The number of hydrogen-bond donors (Lipinski definition) is 5. The summed E-state index contributed by atoms with van der Waals surface area (Å²) in [6.45, 7) is -0.398. The summed E-state index contributed by atoms with van der Waals surface area (Å²) in [6, 6.07) is 1.87. The number of nitrogens with two attached hydrogens (primary N) is 2. The van der Waals surface area contributed by atoms with Crippen LogP contribution in [0, 0.1) is 11.6 Å². The number of ether oxygens (including phenoxy) is 1. The van der Waals surface area contributed by atoms with E-state index in [-0.39, 0.29) is 63.8 Å². The Morgan fingerprint density at radius 2 is 1.87 bits per heavy atom. The summed E-state index contributed by atoms with van der Waals surface area (Å²) in [5.41, 5.74) is 7.66. The summed E-state index contributed by atoms with van der Waals surface area (Å²) < 4.78 is 59.7. The number of nitrogens with zero attached hydrogens (tertiary/aromatic N) is 3. The zero-order valence-electron chi connectivity index (χ0n) is 20.1. The van der Waals surface area contributed by atoms with E-state index >= 15 is 8.78 Å². The van der Waals surface area contributed by atoms with Crippen molar-refractivity contribution >= 4 is 29.3 Å². The van der Waals surface area contributed by atoms with Gasteiger partial charge in [0.25, 0.3) is 11.8 Å². The van der Waals surface area contributed by atoms with Gasteiger partial charge in [-0.05, 0) is 0 Å². The summed E-state index contributed by atoms with van der Waals surface area (Å²) in [7, 11) is 0. The molecule has 1 atom stereocenters. The number of benzene rings is 1. The first kappa shape index (κ1) is 28.7. The summed E-state index contributed by atoms with van der Waals surface area (Å²) in [5, 5.41) is 5.84. The van der Waals surface area contributed by atoms with Gasteiger partial charge in [0.1, 0.15) is 11.8 Å². The van der Waals surface area contributed by atoms with Crippen LogP contribution < -0.4 is 37.4 Å². The molecule has 1 aromatic rings. The number of carbonyl (C=O) groups is 3. The lowest BCUT2D eigenvalue weighted by atomic mass is 10.2. The van der Waals surface area contributed by atoms with Crippen molar-refractivity contribution in [3.8, 4) is 0 Å². The third-order valence-electron chi connectivity index (χ3n) is 5.64. The zero-order valence-corrected chi connectivity index (χ0v) is 20.1. The van der Waals surface area contributed by atoms with Gasteiger partial charge < -0.3 is 31.4 Å². The SMILES string of the molecule is N/C=C(/CNCC(=O)N1CCN(c2c(F)cc(N3C[C@H](CNC(=O)C(F)F)OC3=O)cc2F)CCO1)NN. The number of alkyl halides is 2. The van der Waals surface area contributed by atoms with Crippen molar-refractivity contribution in [2.24, 2.45) is 11.6 Å². The van der Waals surface area contributed by atoms with E-state index in [1.165, 1.54) is 11.1 Å². The first-order valence-electron chi connectivity index (χ1n) is 11.4. The molecule has 2 fully saturated rings. The van der Waals surface area contributed by atoms with E-state index in [1.54, 1.807) is 0 Å². The fourth-order valence-corrected chi connectivity index (χ4v) is 3.76. The first-order valence-corrected chi connectivity index (χ1v) is 11.4. The van der Waals surface area contributed by atoms with Crippen molar-refractivity contribution in [2.75, 3.05) is 62.2 Å². The van der Waals surface area contributed by atoms with E-state index in [4.69, 9.17) is 21.2 Å². The quantitative estimate of drug-likeness (QED) is 0.141. The van der Waals surface area contributed by atoms with Crippen LogP contribution in [0.3, 0.4) is 0 Å². The number of hydrazine groups is 1. The molecule has 38 heavy (non-hydrogen) atoms. The summed E-state index contributed by atoms with van der Waals surface area (Å²) in [5.74, 6) is 1.37.